The first-order valence-corrected chi connectivity index (χ1v) is 7.26. The number of nitrogens with one attached hydrogen (secondary N) is 1. The molecule has 1 aliphatic rings. The van der Waals surface area contributed by atoms with Crippen LogP contribution in [0.5, 0.6) is 0 Å². The van der Waals surface area contributed by atoms with E-state index >= 15 is 0 Å². The molecular weight excluding hydrogens is 228 g/mol. The third-order valence-corrected chi connectivity index (χ3v) is 3.70. The summed E-state index contributed by atoms with van der Waals surface area (Å²) in [5.74, 6) is 0.689. The lowest BCUT2D eigenvalue weighted by atomic mass is 10.0. The molecule has 1 aliphatic heterocycles. The zero-order valence-electron chi connectivity index (χ0n) is 11.8. The molecule has 1 unspecified atom stereocenters. The van der Waals surface area contributed by atoms with E-state index in [2.05, 4.69) is 24.1 Å². The first-order chi connectivity index (χ1) is 8.65. The van der Waals surface area contributed by atoms with E-state index in [4.69, 9.17) is 5.11 Å². The molecule has 0 saturated carbocycles. The normalized spacial score (nSPS) is 18.2. The molecule has 1 heterocycles. The maximum atomic E-state index is 11.6. The maximum Gasteiger partial charge on any atom is 0.220 e. The zero-order chi connectivity index (χ0) is 13.4. The van der Waals surface area contributed by atoms with Gasteiger partial charge in [-0.25, -0.2) is 0 Å². The largest absolute Gasteiger partial charge is 0.396 e. The zero-order valence-corrected chi connectivity index (χ0v) is 11.8. The van der Waals surface area contributed by atoms with E-state index in [0.717, 1.165) is 13.0 Å². The Morgan fingerprint density at radius 1 is 1.28 bits per heavy atom. The van der Waals surface area contributed by atoms with Gasteiger partial charge in [0.2, 0.25) is 5.91 Å². The van der Waals surface area contributed by atoms with E-state index in [-0.39, 0.29) is 12.5 Å². The SMILES string of the molecule is CC(C)C(CNC(=O)CCCCO)N1CCCC1. The Labute approximate surface area is 111 Å². The first-order valence-electron chi connectivity index (χ1n) is 7.26. The Hall–Kier alpha value is -0.610. The van der Waals surface area contributed by atoms with Gasteiger partial charge in [-0.05, 0) is 44.7 Å². The average Bonchev–Trinajstić information content (AvgIpc) is 2.83. The van der Waals surface area contributed by atoms with Crippen molar-refractivity contribution >= 4 is 5.91 Å². The van der Waals surface area contributed by atoms with Gasteiger partial charge in [-0.15, -0.1) is 0 Å². The summed E-state index contributed by atoms with van der Waals surface area (Å²) in [6.45, 7) is 7.72. The van der Waals surface area contributed by atoms with Crippen molar-refractivity contribution in [3.05, 3.63) is 0 Å². The smallest absolute Gasteiger partial charge is 0.220 e. The summed E-state index contributed by atoms with van der Waals surface area (Å²) in [6, 6.07) is 0.467. The number of rotatable bonds is 8. The van der Waals surface area contributed by atoms with Crippen LogP contribution < -0.4 is 5.32 Å². The van der Waals surface area contributed by atoms with Gasteiger partial charge < -0.3 is 10.4 Å². The summed E-state index contributed by atoms with van der Waals surface area (Å²) >= 11 is 0. The number of unbranched alkanes of at least 4 members (excludes halogenated alkanes) is 1. The molecule has 1 fully saturated rings. The topological polar surface area (TPSA) is 52.6 Å². The van der Waals surface area contributed by atoms with Gasteiger partial charge in [0.1, 0.15) is 0 Å². The lowest BCUT2D eigenvalue weighted by molar-refractivity contribution is -0.121. The van der Waals surface area contributed by atoms with Crippen molar-refractivity contribution in [2.45, 2.75) is 52.0 Å². The van der Waals surface area contributed by atoms with Gasteiger partial charge in [0.15, 0.2) is 0 Å². The minimum absolute atomic E-state index is 0.119. The van der Waals surface area contributed by atoms with Crippen molar-refractivity contribution < 1.29 is 9.90 Å². The Balaban J connectivity index is 2.26. The number of hydrogen-bond donors (Lipinski definition) is 2. The third-order valence-electron chi connectivity index (χ3n) is 3.70. The fraction of sp³-hybridized carbons (Fsp3) is 0.929. The summed E-state index contributed by atoms with van der Waals surface area (Å²) in [5.41, 5.74) is 0. The summed E-state index contributed by atoms with van der Waals surface area (Å²) in [5, 5.41) is 11.7. The predicted octanol–water partition coefficient (Wildman–Crippen LogP) is 1.39. The quantitative estimate of drug-likeness (QED) is 0.645. The number of aliphatic hydroxyl groups excluding tert-OH is 1. The average molecular weight is 256 g/mol. The van der Waals surface area contributed by atoms with Crippen LogP contribution in [0.25, 0.3) is 0 Å². The van der Waals surface area contributed by atoms with Crippen LogP contribution in [-0.4, -0.2) is 48.2 Å². The van der Waals surface area contributed by atoms with E-state index in [1.54, 1.807) is 0 Å². The molecule has 1 amide bonds. The highest BCUT2D eigenvalue weighted by atomic mass is 16.2. The van der Waals surface area contributed by atoms with Crippen LogP contribution in [0, 0.1) is 5.92 Å². The molecule has 1 saturated heterocycles. The fourth-order valence-electron chi connectivity index (χ4n) is 2.56. The second-order valence-corrected chi connectivity index (χ2v) is 5.54. The Kier molecular flexibility index (Phi) is 7.28. The van der Waals surface area contributed by atoms with Crippen LogP contribution in [0.1, 0.15) is 46.0 Å². The number of nitrogens with zero attached hydrogens (tertiary/aromatic N) is 1. The molecular formula is C14H28N2O2. The van der Waals surface area contributed by atoms with Crippen molar-refractivity contribution in [1.82, 2.24) is 10.2 Å². The Morgan fingerprint density at radius 3 is 2.50 bits per heavy atom. The molecule has 4 heteroatoms. The molecule has 2 N–H and O–H groups in total. The molecule has 4 nitrogen and oxygen atoms in total. The second-order valence-electron chi connectivity index (χ2n) is 5.54. The van der Waals surface area contributed by atoms with Crippen LogP contribution in [0.15, 0.2) is 0 Å². The van der Waals surface area contributed by atoms with E-state index in [9.17, 15) is 4.79 Å². The summed E-state index contributed by atoms with van der Waals surface area (Å²) < 4.78 is 0. The van der Waals surface area contributed by atoms with Gasteiger partial charge in [0, 0.05) is 25.6 Å². The maximum absolute atomic E-state index is 11.6. The number of carbonyl (C=O) groups is 1. The lowest BCUT2D eigenvalue weighted by Gasteiger charge is -2.31. The number of likely N-dealkylation sites (tertiary alicyclic amines) is 1. The molecule has 1 atom stereocenters. The molecule has 0 aliphatic carbocycles. The molecule has 1 rings (SSSR count). The first kappa shape index (κ1) is 15.4. The van der Waals surface area contributed by atoms with E-state index in [1.807, 2.05) is 0 Å². The van der Waals surface area contributed by atoms with Crippen LogP contribution in [0.2, 0.25) is 0 Å². The highest BCUT2D eigenvalue weighted by Gasteiger charge is 2.24. The minimum atomic E-state index is 0.119. The van der Waals surface area contributed by atoms with Crippen molar-refractivity contribution in [2.24, 2.45) is 5.92 Å². The van der Waals surface area contributed by atoms with E-state index in [1.165, 1.54) is 25.9 Å². The molecule has 0 aromatic rings. The molecule has 18 heavy (non-hydrogen) atoms. The van der Waals surface area contributed by atoms with Gasteiger partial charge in [-0.3, -0.25) is 9.69 Å². The fourth-order valence-corrected chi connectivity index (χ4v) is 2.56. The van der Waals surface area contributed by atoms with Crippen LogP contribution in [0.3, 0.4) is 0 Å². The van der Waals surface area contributed by atoms with Gasteiger partial charge in [0.25, 0.3) is 0 Å². The lowest BCUT2D eigenvalue weighted by Crippen LogP contribution is -2.45. The molecule has 106 valence electrons. The van der Waals surface area contributed by atoms with Gasteiger partial charge in [-0.1, -0.05) is 13.8 Å². The third kappa shape index (κ3) is 5.36. The van der Waals surface area contributed by atoms with Crippen molar-refractivity contribution in [3.63, 3.8) is 0 Å². The second kappa shape index (κ2) is 8.48. The highest BCUT2D eigenvalue weighted by Crippen LogP contribution is 2.17. The monoisotopic (exact) mass is 256 g/mol. The van der Waals surface area contributed by atoms with Gasteiger partial charge in [0.05, 0.1) is 0 Å². The van der Waals surface area contributed by atoms with E-state index in [0.29, 0.717) is 24.8 Å². The summed E-state index contributed by atoms with van der Waals surface area (Å²) in [6.07, 6.45) is 4.60. The highest BCUT2D eigenvalue weighted by molar-refractivity contribution is 5.75. The Morgan fingerprint density at radius 2 is 1.94 bits per heavy atom. The van der Waals surface area contributed by atoms with Crippen molar-refractivity contribution in [1.29, 1.82) is 0 Å². The minimum Gasteiger partial charge on any atom is -0.396 e. The molecule has 0 radical (unpaired) electrons. The molecule has 0 spiro atoms. The van der Waals surface area contributed by atoms with Gasteiger partial charge >= 0.3 is 0 Å². The number of carbonyl (C=O) groups excluding carboxylic acids is 1. The molecule has 0 bridgehead atoms. The summed E-state index contributed by atoms with van der Waals surface area (Å²) in [7, 11) is 0. The summed E-state index contributed by atoms with van der Waals surface area (Å²) in [4.78, 5) is 14.1. The van der Waals surface area contributed by atoms with E-state index < -0.39 is 0 Å². The number of aliphatic hydroxyl groups is 1. The molecule has 0 aromatic heterocycles. The van der Waals surface area contributed by atoms with Crippen LogP contribution in [-0.2, 0) is 4.79 Å². The van der Waals surface area contributed by atoms with Crippen molar-refractivity contribution in [3.8, 4) is 0 Å². The van der Waals surface area contributed by atoms with Gasteiger partial charge in [-0.2, -0.15) is 0 Å². The standard InChI is InChI=1S/C14H28N2O2/c1-12(2)13(16-8-4-5-9-16)11-15-14(18)7-3-6-10-17/h12-13,17H,3-11H2,1-2H3,(H,15,18). The molecule has 0 aromatic carbocycles. The number of hydrogen-bond acceptors (Lipinski definition) is 3. The van der Waals surface area contributed by atoms with Crippen LogP contribution in [0.4, 0.5) is 0 Å². The predicted molar refractivity (Wildman–Crippen MR) is 73.4 cm³/mol. The van der Waals surface area contributed by atoms with Crippen molar-refractivity contribution in [2.75, 3.05) is 26.2 Å². The number of amides is 1. The van der Waals surface area contributed by atoms with Crippen LogP contribution >= 0.6 is 0 Å². The Bertz CT molecular complexity index is 238.